The van der Waals surface area contributed by atoms with E-state index in [1.807, 2.05) is 6.07 Å². The quantitative estimate of drug-likeness (QED) is 0.685. The molecular formula is C19H27NNaO5. The van der Waals surface area contributed by atoms with Gasteiger partial charge in [-0.3, -0.25) is 4.79 Å². The van der Waals surface area contributed by atoms with Crippen molar-refractivity contribution in [1.82, 2.24) is 5.32 Å². The summed E-state index contributed by atoms with van der Waals surface area (Å²) in [6.07, 6.45) is 5.52. The van der Waals surface area contributed by atoms with Crippen molar-refractivity contribution < 1.29 is 24.2 Å². The molecule has 0 unspecified atom stereocenters. The number of ether oxygens (including phenoxy) is 2. The number of hydrogen-bond acceptors (Lipinski definition) is 4. The van der Waals surface area contributed by atoms with Gasteiger partial charge < -0.3 is 19.9 Å². The number of hydrogen-bond donors (Lipinski definition) is 2. The van der Waals surface area contributed by atoms with Crippen molar-refractivity contribution in [3.63, 3.8) is 0 Å². The average Bonchev–Trinajstić information content (AvgIpc) is 2.60. The summed E-state index contributed by atoms with van der Waals surface area (Å²) in [5.74, 6) is 0.655. The fourth-order valence-corrected chi connectivity index (χ4v) is 3.09. The van der Waals surface area contributed by atoms with Crippen LogP contribution in [0.25, 0.3) is 0 Å². The van der Waals surface area contributed by atoms with Gasteiger partial charge in [0.05, 0.1) is 7.11 Å². The van der Waals surface area contributed by atoms with Gasteiger partial charge in [-0.25, -0.2) is 4.79 Å². The second-order valence-electron chi connectivity index (χ2n) is 6.69. The maximum absolute atomic E-state index is 12.1. The van der Waals surface area contributed by atoms with Crippen LogP contribution in [-0.2, 0) is 16.0 Å². The second-order valence-corrected chi connectivity index (χ2v) is 6.69. The Kier molecular flexibility index (Phi) is 10.1. The summed E-state index contributed by atoms with van der Waals surface area (Å²) < 4.78 is 10.4. The molecule has 1 radical (unpaired) electrons. The van der Waals surface area contributed by atoms with Crippen molar-refractivity contribution in [3.05, 3.63) is 23.8 Å². The van der Waals surface area contributed by atoms with E-state index in [0.717, 1.165) is 24.3 Å². The molecule has 139 valence electrons. The van der Waals surface area contributed by atoms with Crippen LogP contribution < -0.4 is 14.8 Å². The third-order valence-electron chi connectivity index (χ3n) is 4.60. The maximum atomic E-state index is 12.1. The van der Waals surface area contributed by atoms with Crippen LogP contribution in [0.3, 0.4) is 0 Å². The van der Waals surface area contributed by atoms with Crippen LogP contribution in [0.1, 0.15) is 44.6 Å². The summed E-state index contributed by atoms with van der Waals surface area (Å²) in [5, 5.41) is 11.8. The number of nitrogens with one attached hydrogen (secondary N) is 1. The van der Waals surface area contributed by atoms with E-state index in [4.69, 9.17) is 14.6 Å². The van der Waals surface area contributed by atoms with Gasteiger partial charge in [0.15, 0.2) is 18.1 Å². The monoisotopic (exact) mass is 372 g/mol. The van der Waals surface area contributed by atoms with Gasteiger partial charge in [-0.15, -0.1) is 0 Å². The van der Waals surface area contributed by atoms with E-state index in [2.05, 4.69) is 12.2 Å². The number of amides is 1. The van der Waals surface area contributed by atoms with E-state index in [0.29, 0.717) is 30.4 Å². The minimum Gasteiger partial charge on any atom is -0.493 e. The van der Waals surface area contributed by atoms with Gasteiger partial charge in [0.1, 0.15) is 0 Å². The zero-order valence-electron chi connectivity index (χ0n) is 15.9. The Morgan fingerprint density at radius 2 is 1.88 bits per heavy atom. The Morgan fingerprint density at radius 3 is 2.50 bits per heavy atom. The topological polar surface area (TPSA) is 84.9 Å². The van der Waals surface area contributed by atoms with Gasteiger partial charge >= 0.3 is 5.97 Å². The number of carbonyl (C=O) groups excluding carboxylic acids is 1. The van der Waals surface area contributed by atoms with Gasteiger partial charge in [0.2, 0.25) is 5.91 Å². The molecule has 1 aromatic carbocycles. The Hall–Kier alpha value is -1.24. The molecule has 1 amide bonds. The van der Waals surface area contributed by atoms with Gasteiger partial charge in [-0.05, 0) is 55.7 Å². The van der Waals surface area contributed by atoms with E-state index in [1.165, 1.54) is 20.0 Å². The van der Waals surface area contributed by atoms with Crippen LogP contribution in [0.15, 0.2) is 18.2 Å². The van der Waals surface area contributed by atoms with E-state index in [1.54, 1.807) is 12.1 Å². The molecule has 6 nitrogen and oxygen atoms in total. The number of rotatable bonds is 8. The van der Waals surface area contributed by atoms with E-state index in [-0.39, 0.29) is 35.5 Å². The molecule has 1 saturated carbocycles. The van der Waals surface area contributed by atoms with Gasteiger partial charge in [0.25, 0.3) is 0 Å². The fraction of sp³-hybridized carbons (Fsp3) is 0.579. The number of carbonyl (C=O) groups is 2. The van der Waals surface area contributed by atoms with E-state index in [9.17, 15) is 9.59 Å². The van der Waals surface area contributed by atoms with Crippen LogP contribution in [0.4, 0.5) is 0 Å². The van der Waals surface area contributed by atoms with Crippen LogP contribution in [0.5, 0.6) is 11.5 Å². The molecule has 0 bridgehead atoms. The van der Waals surface area contributed by atoms with Crippen LogP contribution >= 0.6 is 0 Å². The molecule has 0 aromatic heterocycles. The minimum absolute atomic E-state index is 0. The number of carboxylic acids is 1. The first kappa shape index (κ1) is 22.8. The first-order valence-corrected chi connectivity index (χ1v) is 8.78. The Balaban J connectivity index is 0.00000338. The van der Waals surface area contributed by atoms with E-state index >= 15 is 0 Å². The summed E-state index contributed by atoms with van der Waals surface area (Å²) in [7, 11) is 1.50. The summed E-state index contributed by atoms with van der Waals surface area (Å²) in [5.41, 5.74) is 0.951. The van der Waals surface area contributed by atoms with Crippen LogP contribution in [0, 0.1) is 5.92 Å². The number of methoxy groups -OCH3 is 1. The van der Waals surface area contributed by atoms with Gasteiger partial charge in [-0.1, -0.05) is 13.0 Å². The first-order chi connectivity index (χ1) is 12.0. The van der Waals surface area contributed by atoms with Crippen molar-refractivity contribution in [2.75, 3.05) is 13.7 Å². The molecule has 1 aromatic rings. The minimum atomic E-state index is -1.04. The summed E-state index contributed by atoms with van der Waals surface area (Å²) in [6.45, 7) is 1.84. The average molecular weight is 372 g/mol. The Morgan fingerprint density at radius 1 is 1.19 bits per heavy atom. The predicted octanol–water partition coefficient (Wildman–Crippen LogP) is 2.41. The standard InChI is InChI=1S/C19H27NO5.Na/c1-13-3-7-15(8-4-13)20-18(21)10-6-14-5-9-16(17(11-14)24-2)25-12-19(22)23;/h5,9,11,13,15H,3-4,6-8,10,12H2,1-2H3,(H,20,21)(H,22,23);. The largest absolute Gasteiger partial charge is 0.493 e. The summed E-state index contributed by atoms with van der Waals surface area (Å²) >= 11 is 0. The molecule has 0 spiro atoms. The van der Waals surface area contributed by atoms with Crippen LogP contribution in [0.2, 0.25) is 0 Å². The molecule has 2 rings (SSSR count). The van der Waals surface area contributed by atoms with Crippen molar-refractivity contribution in [3.8, 4) is 11.5 Å². The number of aryl methyl sites for hydroxylation is 1. The number of carboxylic acid groups (broad SMARTS) is 1. The van der Waals surface area contributed by atoms with Crippen molar-refractivity contribution in [2.45, 2.75) is 51.5 Å². The molecule has 2 N–H and O–H groups in total. The molecule has 7 heteroatoms. The Bertz CT molecular complexity index is 600. The van der Waals surface area contributed by atoms with Crippen molar-refractivity contribution >= 4 is 41.4 Å². The molecule has 1 aliphatic rings. The van der Waals surface area contributed by atoms with Crippen molar-refractivity contribution in [1.29, 1.82) is 0 Å². The third-order valence-corrected chi connectivity index (χ3v) is 4.60. The molecule has 1 fully saturated rings. The zero-order valence-corrected chi connectivity index (χ0v) is 17.9. The maximum Gasteiger partial charge on any atom is 0.341 e. The number of benzene rings is 1. The number of aliphatic carboxylic acids is 1. The predicted molar refractivity (Wildman–Crippen MR) is 99.8 cm³/mol. The molecule has 26 heavy (non-hydrogen) atoms. The SMILES string of the molecule is COc1cc(CCC(=O)NC2CCC(C)CC2)ccc1OCC(=O)O.[Na]. The summed E-state index contributed by atoms with van der Waals surface area (Å²) in [4.78, 5) is 22.7. The third kappa shape index (κ3) is 7.56. The normalized spacial score (nSPS) is 19.2. The summed E-state index contributed by atoms with van der Waals surface area (Å²) in [6, 6.07) is 5.60. The van der Waals surface area contributed by atoms with Crippen LogP contribution in [-0.4, -0.2) is 66.3 Å². The fourth-order valence-electron chi connectivity index (χ4n) is 3.09. The van der Waals surface area contributed by atoms with Gasteiger partial charge in [-0.2, -0.15) is 0 Å². The Labute approximate surface area is 176 Å². The molecule has 0 saturated heterocycles. The second kappa shape index (κ2) is 11.5. The zero-order chi connectivity index (χ0) is 18.2. The van der Waals surface area contributed by atoms with E-state index < -0.39 is 12.6 Å². The van der Waals surface area contributed by atoms with Crippen molar-refractivity contribution in [2.24, 2.45) is 5.92 Å². The first-order valence-electron chi connectivity index (χ1n) is 8.78. The molecule has 1 aliphatic carbocycles. The smallest absolute Gasteiger partial charge is 0.341 e. The molecule has 0 heterocycles. The molecule has 0 atom stereocenters. The molecule has 0 aliphatic heterocycles. The van der Waals surface area contributed by atoms with Gasteiger partial charge in [0, 0.05) is 42.0 Å². The molecular weight excluding hydrogens is 345 g/mol.